The van der Waals surface area contributed by atoms with E-state index >= 15 is 0 Å². The molecule has 84 valence electrons. The van der Waals surface area contributed by atoms with Crippen LogP contribution in [-0.2, 0) is 9.59 Å². The molecule has 0 aromatic rings. The third-order valence-electron chi connectivity index (χ3n) is 1.95. The molecule has 0 fully saturated rings. The van der Waals surface area contributed by atoms with Crippen LogP contribution in [0, 0.1) is 5.92 Å². The minimum absolute atomic E-state index is 0.0868. The quantitative estimate of drug-likeness (QED) is 0.299. The van der Waals surface area contributed by atoms with E-state index in [9.17, 15) is 9.59 Å². The van der Waals surface area contributed by atoms with E-state index in [1.165, 1.54) is 6.92 Å². The molecular weight excluding hydrogens is 196 g/mol. The van der Waals surface area contributed by atoms with Crippen molar-refractivity contribution in [3.05, 3.63) is 10.4 Å². The van der Waals surface area contributed by atoms with Gasteiger partial charge in [-0.05, 0) is 18.9 Å². The summed E-state index contributed by atoms with van der Waals surface area (Å²) in [5.74, 6) is -0.201. The molecule has 0 aliphatic rings. The maximum Gasteiger partial charge on any atom is 0.222 e. The Morgan fingerprint density at radius 3 is 2.73 bits per heavy atom. The van der Waals surface area contributed by atoms with Crippen molar-refractivity contribution in [2.75, 3.05) is 13.1 Å². The Hall–Kier alpha value is -1.55. The lowest BCUT2D eigenvalue weighted by Crippen LogP contribution is -2.31. The summed E-state index contributed by atoms with van der Waals surface area (Å²) in [6.07, 6.45) is 0.980. The van der Waals surface area contributed by atoms with E-state index in [0.717, 1.165) is 0 Å². The number of hydrogen-bond acceptors (Lipinski definition) is 3. The fourth-order valence-corrected chi connectivity index (χ4v) is 0.999. The van der Waals surface area contributed by atoms with Gasteiger partial charge in [-0.3, -0.25) is 4.79 Å². The van der Waals surface area contributed by atoms with E-state index in [-0.39, 0.29) is 24.2 Å². The first-order valence-electron chi connectivity index (χ1n) is 4.86. The normalized spacial score (nSPS) is 11.3. The summed E-state index contributed by atoms with van der Waals surface area (Å²) in [6, 6.07) is 0. The number of carbonyl (C=O) groups is 2. The van der Waals surface area contributed by atoms with Gasteiger partial charge in [-0.25, -0.2) is 0 Å². The molecule has 1 N–H and O–H groups in total. The van der Waals surface area contributed by atoms with Crippen molar-refractivity contribution in [2.24, 2.45) is 11.0 Å². The lowest BCUT2D eigenvalue weighted by Gasteiger charge is -2.09. The third kappa shape index (κ3) is 7.52. The van der Waals surface area contributed by atoms with Gasteiger partial charge >= 0.3 is 0 Å². The number of amides is 1. The Kier molecular flexibility index (Phi) is 7.01. The molecule has 0 aliphatic heterocycles. The minimum Gasteiger partial charge on any atom is -0.356 e. The summed E-state index contributed by atoms with van der Waals surface area (Å²) in [5, 5.41) is 5.91. The molecule has 0 radical (unpaired) electrons. The SMILES string of the molecule is CC(=O)CC[C@@H](C)C(=O)NCCN=[N+]=[N-]. The van der Waals surface area contributed by atoms with Crippen molar-refractivity contribution in [1.82, 2.24) is 5.32 Å². The van der Waals surface area contributed by atoms with Crippen LogP contribution in [-0.4, -0.2) is 24.8 Å². The van der Waals surface area contributed by atoms with Crippen LogP contribution in [0.25, 0.3) is 10.4 Å². The number of rotatable bonds is 7. The number of ketones is 1. The highest BCUT2D eigenvalue weighted by molar-refractivity contribution is 5.80. The Morgan fingerprint density at radius 2 is 2.20 bits per heavy atom. The molecular formula is C9H16N4O2. The zero-order chi connectivity index (χ0) is 11.7. The summed E-state index contributed by atoms with van der Waals surface area (Å²) in [6.45, 7) is 3.87. The molecule has 0 aromatic heterocycles. The summed E-state index contributed by atoms with van der Waals surface area (Å²) in [4.78, 5) is 24.6. The van der Waals surface area contributed by atoms with Gasteiger partial charge in [0.2, 0.25) is 5.91 Å². The van der Waals surface area contributed by atoms with Gasteiger partial charge in [-0.1, -0.05) is 12.0 Å². The zero-order valence-electron chi connectivity index (χ0n) is 9.06. The van der Waals surface area contributed by atoms with Gasteiger partial charge in [0.1, 0.15) is 5.78 Å². The highest BCUT2D eigenvalue weighted by atomic mass is 16.2. The van der Waals surface area contributed by atoms with Gasteiger partial charge in [0.15, 0.2) is 0 Å². The van der Waals surface area contributed by atoms with Gasteiger partial charge in [-0.2, -0.15) is 0 Å². The van der Waals surface area contributed by atoms with Gasteiger partial charge in [-0.15, -0.1) is 0 Å². The van der Waals surface area contributed by atoms with E-state index in [1.807, 2.05) is 0 Å². The molecule has 0 saturated heterocycles. The molecule has 0 aromatic carbocycles. The molecule has 0 aliphatic carbocycles. The zero-order valence-corrected chi connectivity index (χ0v) is 9.06. The minimum atomic E-state index is -0.181. The van der Waals surface area contributed by atoms with Crippen LogP contribution in [0.2, 0.25) is 0 Å². The smallest absolute Gasteiger partial charge is 0.222 e. The van der Waals surface area contributed by atoms with Crippen LogP contribution in [0.4, 0.5) is 0 Å². The van der Waals surface area contributed by atoms with Crippen LogP contribution in [0.3, 0.4) is 0 Å². The standard InChI is InChI=1S/C9H16N4O2/c1-7(3-4-8(2)14)9(15)11-5-6-12-13-10/h7H,3-6H2,1-2H3,(H,11,15)/t7-/m1/s1. The van der Waals surface area contributed by atoms with Gasteiger partial charge in [0, 0.05) is 30.3 Å². The number of azide groups is 1. The number of Topliss-reactive ketones (excluding diaryl/α,β-unsaturated/α-hetero) is 1. The maximum atomic E-state index is 11.4. The second-order valence-electron chi connectivity index (χ2n) is 3.39. The predicted octanol–water partition coefficient (Wildman–Crippen LogP) is 1.42. The predicted molar refractivity (Wildman–Crippen MR) is 56.1 cm³/mol. The third-order valence-corrected chi connectivity index (χ3v) is 1.95. The monoisotopic (exact) mass is 212 g/mol. The van der Waals surface area contributed by atoms with Crippen molar-refractivity contribution in [1.29, 1.82) is 0 Å². The number of hydrogen-bond donors (Lipinski definition) is 1. The van der Waals surface area contributed by atoms with Crippen molar-refractivity contribution in [3.8, 4) is 0 Å². The Bertz CT molecular complexity index is 271. The van der Waals surface area contributed by atoms with Crippen LogP contribution in [0.1, 0.15) is 26.7 Å². The lowest BCUT2D eigenvalue weighted by molar-refractivity contribution is -0.124. The number of carbonyl (C=O) groups excluding carboxylic acids is 2. The lowest BCUT2D eigenvalue weighted by atomic mass is 10.0. The summed E-state index contributed by atoms with van der Waals surface area (Å²) >= 11 is 0. The molecule has 0 bridgehead atoms. The highest BCUT2D eigenvalue weighted by Crippen LogP contribution is 2.05. The number of nitrogens with zero attached hydrogens (tertiary/aromatic N) is 3. The molecule has 15 heavy (non-hydrogen) atoms. The molecule has 0 saturated carbocycles. The molecule has 1 atom stereocenters. The molecule has 0 rings (SSSR count). The topological polar surface area (TPSA) is 94.9 Å². The van der Waals surface area contributed by atoms with Gasteiger partial charge in [0.05, 0.1) is 0 Å². The second-order valence-corrected chi connectivity index (χ2v) is 3.39. The average Bonchev–Trinajstić information content (AvgIpc) is 2.20. The first kappa shape index (κ1) is 13.4. The Balaban J connectivity index is 3.68. The second kappa shape index (κ2) is 7.82. The van der Waals surface area contributed by atoms with E-state index in [0.29, 0.717) is 19.4 Å². The van der Waals surface area contributed by atoms with Crippen molar-refractivity contribution >= 4 is 11.7 Å². The van der Waals surface area contributed by atoms with Crippen LogP contribution in [0.5, 0.6) is 0 Å². The van der Waals surface area contributed by atoms with Crippen molar-refractivity contribution < 1.29 is 9.59 Å². The largest absolute Gasteiger partial charge is 0.356 e. The number of nitrogens with one attached hydrogen (secondary N) is 1. The molecule has 1 amide bonds. The van der Waals surface area contributed by atoms with E-state index < -0.39 is 0 Å². The van der Waals surface area contributed by atoms with Crippen LogP contribution >= 0.6 is 0 Å². The summed E-state index contributed by atoms with van der Waals surface area (Å²) < 4.78 is 0. The van der Waals surface area contributed by atoms with Gasteiger partial charge < -0.3 is 10.1 Å². The van der Waals surface area contributed by atoms with Gasteiger partial charge in [0.25, 0.3) is 0 Å². The van der Waals surface area contributed by atoms with Crippen molar-refractivity contribution in [3.63, 3.8) is 0 Å². The Morgan fingerprint density at radius 1 is 1.53 bits per heavy atom. The molecule has 6 heteroatoms. The van der Waals surface area contributed by atoms with Crippen molar-refractivity contribution in [2.45, 2.75) is 26.7 Å². The molecule has 0 unspecified atom stereocenters. The Labute approximate surface area is 88.7 Å². The van der Waals surface area contributed by atoms with E-state index in [2.05, 4.69) is 15.3 Å². The summed E-state index contributed by atoms with van der Waals surface area (Å²) in [7, 11) is 0. The van der Waals surface area contributed by atoms with E-state index in [1.54, 1.807) is 6.92 Å². The van der Waals surface area contributed by atoms with Crippen LogP contribution in [0.15, 0.2) is 5.11 Å². The average molecular weight is 212 g/mol. The first-order valence-corrected chi connectivity index (χ1v) is 4.86. The fourth-order valence-electron chi connectivity index (χ4n) is 0.999. The van der Waals surface area contributed by atoms with E-state index in [4.69, 9.17) is 5.53 Å². The first-order chi connectivity index (χ1) is 7.07. The molecule has 0 spiro atoms. The van der Waals surface area contributed by atoms with Crippen LogP contribution < -0.4 is 5.32 Å². The molecule has 0 heterocycles. The summed E-state index contributed by atoms with van der Waals surface area (Å²) in [5.41, 5.74) is 7.99. The molecule has 6 nitrogen and oxygen atoms in total. The maximum absolute atomic E-state index is 11.4. The fraction of sp³-hybridized carbons (Fsp3) is 0.778. The highest BCUT2D eigenvalue weighted by Gasteiger charge is 2.12.